The van der Waals surface area contributed by atoms with E-state index >= 15 is 0 Å². The number of rotatable bonds is 10. The summed E-state index contributed by atoms with van der Waals surface area (Å²) in [6.45, 7) is 7.96. The molecule has 2 fully saturated rings. The lowest BCUT2D eigenvalue weighted by molar-refractivity contribution is -0.124. The standard InChI is InChI=1S/C27H34ClN5O3S/c1-3-17-36-23-9-7-21(8-10-23)29-25(34)19-24-26(35)33(22-6-4-5-20(28)18-22)27(37)32(24)16-15-31-13-11-30(2)12-14-31/h4-10,18,24H,3,11-17,19H2,1-2H3,(H,29,34)/t24-/m1/s1. The summed E-state index contributed by atoms with van der Waals surface area (Å²) in [6, 6.07) is 13.6. The van der Waals surface area contributed by atoms with Gasteiger partial charge in [0.05, 0.1) is 18.7 Å². The van der Waals surface area contributed by atoms with E-state index in [0.29, 0.717) is 34.7 Å². The number of amides is 2. The topological polar surface area (TPSA) is 68.4 Å². The van der Waals surface area contributed by atoms with E-state index in [1.54, 1.807) is 36.4 Å². The number of likely N-dealkylation sites (N-methyl/N-ethyl adjacent to an activating group) is 1. The van der Waals surface area contributed by atoms with Gasteiger partial charge in [-0.3, -0.25) is 19.4 Å². The van der Waals surface area contributed by atoms with Crippen molar-refractivity contribution >= 4 is 52.1 Å². The normalized spacial score (nSPS) is 18.9. The molecule has 0 aromatic heterocycles. The number of halogens is 1. The maximum Gasteiger partial charge on any atom is 0.256 e. The lowest BCUT2D eigenvalue weighted by Gasteiger charge is -2.34. The van der Waals surface area contributed by atoms with Crippen LogP contribution in [0.25, 0.3) is 0 Å². The number of hydrogen-bond acceptors (Lipinski definition) is 6. The number of anilines is 2. The zero-order valence-electron chi connectivity index (χ0n) is 21.4. The highest BCUT2D eigenvalue weighted by Crippen LogP contribution is 2.29. The summed E-state index contributed by atoms with van der Waals surface area (Å²) in [5.41, 5.74) is 1.26. The van der Waals surface area contributed by atoms with Crippen LogP contribution in [0.1, 0.15) is 19.8 Å². The molecule has 37 heavy (non-hydrogen) atoms. The van der Waals surface area contributed by atoms with Crippen LogP contribution in [0.5, 0.6) is 5.75 Å². The summed E-state index contributed by atoms with van der Waals surface area (Å²) in [7, 11) is 2.12. The number of thiocarbonyl (C=S) groups is 1. The molecule has 0 spiro atoms. The summed E-state index contributed by atoms with van der Waals surface area (Å²) >= 11 is 12.0. The first kappa shape index (κ1) is 27.3. The molecular weight excluding hydrogens is 510 g/mol. The van der Waals surface area contributed by atoms with Gasteiger partial charge in [0.1, 0.15) is 11.8 Å². The van der Waals surface area contributed by atoms with E-state index in [1.807, 2.05) is 24.0 Å². The van der Waals surface area contributed by atoms with Crippen molar-refractivity contribution in [2.45, 2.75) is 25.8 Å². The maximum atomic E-state index is 13.6. The van der Waals surface area contributed by atoms with Gasteiger partial charge in [-0.25, -0.2) is 0 Å². The van der Waals surface area contributed by atoms with Crippen molar-refractivity contribution in [1.82, 2.24) is 14.7 Å². The summed E-state index contributed by atoms with van der Waals surface area (Å²) in [6.07, 6.45) is 0.917. The predicted molar refractivity (Wildman–Crippen MR) is 151 cm³/mol. The smallest absolute Gasteiger partial charge is 0.256 e. The molecule has 2 amide bonds. The Hall–Kier alpha value is -2.72. The molecule has 0 aliphatic carbocycles. The minimum atomic E-state index is -0.689. The first-order valence-electron chi connectivity index (χ1n) is 12.7. The molecule has 0 radical (unpaired) electrons. The fourth-order valence-electron chi connectivity index (χ4n) is 4.50. The fraction of sp³-hybridized carbons (Fsp3) is 0.444. The van der Waals surface area contributed by atoms with Gasteiger partial charge in [-0.15, -0.1) is 0 Å². The van der Waals surface area contributed by atoms with Crippen LogP contribution in [0.15, 0.2) is 48.5 Å². The van der Waals surface area contributed by atoms with Gasteiger partial charge in [0.25, 0.3) is 5.91 Å². The highest BCUT2D eigenvalue weighted by Gasteiger charge is 2.44. The Morgan fingerprint density at radius 2 is 1.84 bits per heavy atom. The monoisotopic (exact) mass is 543 g/mol. The maximum absolute atomic E-state index is 13.6. The number of ether oxygens (including phenoxy) is 1. The number of nitrogens with one attached hydrogen (secondary N) is 1. The van der Waals surface area contributed by atoms with E-state index in [4.69, 9.17) is 28.6 Å². The van der Waals surface area contributed by atoms with E-state index in [9.17, 15) is 9.59 Å². The van der Waals surface area contributed by atoms with E-state index in [1.165, 1.54) is 4.90 Å². The third-order valence-corrected chi connectivity index (χ3v) is 7.28. The van der Waals surface area contributed by atoms with E-state index in [-0.39, 0.29) is 18.2 Å². The van der Waals surface area contributed by atoms with Crippen LogP contribution in [0.2, 0.25) is 5.02 Å². The fourth-order valence-corrected chi connectivity index (χ4v) is 5.10. The average molecular weight is 544 g/mol. The van der Waals surface area contributed by atoms with Crippen LogP contribution >= 0.6 is 23.8 Å². The Labute approximate surface area is 229 Å². The van der Waals surface area contributed by atoms with Crippen molar-refractivity contribution in [3.05, 3.63) is 53.6 Å². The first-order valence-corrected chi connectivity index (χ1v) is 13.5. The molecule has 0 saturated carbocycles. The van der Waals surface area contributed by atoms with Gasteiger partial charge < -0.3 is 19.9 Å². The molecule has 0 bridgehead atoms. The second-order valence-electron chi connectivity index (χ2n) is 9.42. The molecule has 8 nitrogen and oxygen atoms in total. The second-order valence-corrected chi connectivity index (χ2v) is 10.2. The number of hydrogen-bond donors (Lipinski definition) is 1. The molecule has 0 unspecified atom stereocenters. The van der Waals surface area contributed by atoms with Gasteiger partial charge in [-0.2, -0.15) is 0 Å². The van der Waals surface area contributed by atoms with E-state index in [2.05, 4.69) is 22.2 Å². The number of piperazine rings is 1. The molecule has 2 aromatic rings. The number of benzene rings is 2. The third kappa shape index (κ3) is 6.98. The molecule has 2 aliphatic rings. The number of nitrogens with zero attached hydrogens (tertiary/aromatic N) is 4. The van der Waals surface area contributed by atoms with Gasteiger partial charge in [0.2, 0.25) is 5.91 Å². The molecule has 2 saturated heterocycles. The minimum Gasteiger partial charge on any atom is -0.494 e. The molecule has 198 valence electrons. The van der Waals surface area contributed by atoms with E-state index in [0.717, 1.165) is 44.9 Å². The van der Waals surface area contributed by atoms with Crippen LogP contribution < -0.4 is 15.0 Å². The largest absolute Gasteiger partial charge is 0.494 e. The Kier molecular flexibility index (Phi) is 9.37. The molecule has 1 atom stereocenters. The number of carbonyl (C=O) groups excluding carboxylic acids is 2. The van der Waals surface area contributed by atoms with Crippen LogP contribution in [0.3, 0.4) is 0 Å². The van der Waals surface area contributed by atoms with Gasteiger partial charge in [0.15, 0.2) is 5.11 Å². The summed E-state index contributed by atoms with van der Waals surface area (Å²) in [4.78, 5) is 34.7. The van der Waals surface area contributed by atoms with E-state index < -0.39 is 6.04 Å². The molecule has 2 heterocycles. The summed E-state index contributed by atoms with van der Waals surface area (Å²) in [5.74, 6) is 0.286. The van der Waals surface area contributed by atoms with Crippen molar-refractivity contribution in [2.24, 2.45) is 0 Å². The molecular formula is C27H34ClN5O3S. The molecule has 4 rings (SSSR count). The molecule has 2 aliphatic heterocycles. The van der Waals surface area contributed by atoms with Crippen molar-refractivity contribution in [2.75, 3.05) is 63.1 Å². The van der Waals surface area contributed by atoms with Crippen LogP contribution in [-0.2, 0) is 9.59 Å². The Morgan fingerprint density at radius 1 is 1.11 bits per heavy atom. The summed E-state index contributed by atoms with van der Waals surface area (Å²) in [5, 5.41) is 3.83. The lowest BCUT2D eigenvalue weighted by Crippen LogP contribution is -2.48. The summed E-state index contributed by atoms with van der Waals surface area (Å²) < 4.78 is 5.61. The highest BCUT2D eigenvalue weighted by molar-refractivity contribution is 7.80. The Balaban J connectivity index is 1.46. The molecule has 10 heteroatoms. The van der Waals surface area contributed by atoms with Gasteiger partial charge >= 0.3 is 0 Å². The Bertz CT molecular complexity index is 1110. The number of carbonyl (C=O) groups is 2. The average Bonchev–Trinajstić information content (AvgIpc) is 3.11. The van der Waals surface area contributed by atoms with Crippen molar-refractivity contribution in [3.63, 3.8) is 0 Å². The highest BCUT2D eigenvalue weighted by atomic mass is 35.5. The minimum absolute atomic E-state index is 0.00708. The zero-order valence-corrected chi connectivity index (χ0v) is 22.9. The van der Waals surface area contributed by atoms with Crippen molar-refractivity contribution in [1.29, 1.82) is 0 Å². The van der Waals surface area contributed by atoms with Crippen LogP contribution in [-0.4, -0.2) is 90.6 Å². The van der Waals surface area contributed by atoms with Crippen molar-refractivity contribution < 1.29 is 14.3 Å². The SMILES string of the molecule is CCCOc1ccc(NC(=O)C[C@@H]2C(=O)N(c3cccc(Cl)c3)C(=S)N2CCN2CCN(C)CC2)cc1. The Morgan fingerprint density at radius 3 is 2.51 bits per heavy atom. The zero-order chi connectivity index (χ0) is 26.4. The van der Waals surface area contributed by atoms with Gasteiger partial charge in [0, 0.05) is 50.0 Å². The van der Waals surface area contributed by atoms with Crippen molar-refractivity contribution in [3.8, 4) is 5.75 Å². The second kappa shape index (κ2) is 12.7. The first-order chi connectivity index (χ1) is 17.9. The molecule has 2 aromatic carbocycles. The third-order valence-electron chi connectivity index (χ3n) is 6.63. The molecule has 1 N–H and O–H groups in total. The van der Waals surface area contributed by atoms with Gasteiger partial charge in [-0.1, -0.05) is 24.6 Å². The predicted octanol–water partition coefficient (Wildman–Crippen LogP) is 3.71. The van der Waals surface area contributed by atoms with Crippen LogP contribution in [0, 0.1) is 0 Å². The quantitative estimate of drug-likeness (QED) is 0.458. The van der Waals surface area contributed by atoms with Gasteiger partial charge in [-0.05, 0) is 68.2 Å². The van der Waals surface area contributed by atoms with Crippen LogP contribution in [0.4, 0.5) is 11.4 Å². The lowest BCUT2D eigenvalue weighted by atomic mass is 10.1.